The number of anilines is 1. The molecule has 0 radical (unpaired) electrons. The van der Waals surface area contributed by atoms with E-state index in [9.17, 15) is 9.90 Å². The quantitative estimate of drug-likeness (QED) is 0.542. The first-order valence-corrected chi connectivity index (χ1v) is 9.96. The molecule has 0 bridgehead atoms. The van der Waals surface area contributed by atoms with Gasteiger partial charge in [0.25, 0.3) is 5.91 Å². The third kappa shape index (κ3) is 4.34. The molecule has 3 heterocycles. The normalized spacial score (nSPS) is 18.5. The number of fused-ring (bicyclic) bond motifs is 1. The zero-order valence-electron chi connectivity index (χ0n) is 16.6. The Morgan fingerprint density at radius 3 is 2.83 bits per heavy atom. The Morgan fingerprint density at radius 2 is 2.03 bits per heavy atom. The van der Waals surface area contributed by atoms with Gasteiger partial charge in [0.15, 0.2) is 0 Å². The van der Waals surface area contributed by atoms with Crippen LogP contribution in [0.1, 0.15) is 16.8 Å². The molecule has 1 aliphatic rings. The topological polar surface area (TPSA) is 114 Å². The number of amides is 1. The molecular weight excluding hydrogens is 382 g/mol. The number of aromatic nitrogens is 2. The summed E-state index contributed by atoms with van der Waals surface area (Å²) < 4.78 is 5.42. The number of nitrogens with zero attached hydrogens (tertiary/aromatic N) is 3. The number of nitrogens with one attached hydrogen (secondary N) is 1. The fraction of sp³-hybridized carbons (Fsp3) is 0.318. The average molecular weight is 407 g/mol. The van der Waals surface area contributed by atoms with Crippen molar-refractivity contribution in [2.45, 2.75) is 12.0 Å². The van der Waals surface area contributed by atoms with Crippen molar-refractivity contribution in [3.05, 3.63) is 60.4 Å². The molecule has 1 atom stereocenters. The maximum absolute atomic E-state index is 12.5. The lowest BCUT2D eigenvalue weighted by Gasteiger charge is -2.25. The number of hydrogen-bond acceptors (Lipinski definition) is 7. The molecule has 4 N–H and O–H groups in total. The fourth-order valence-electron chi connectivity index (χ4n) is 3.65. The van der Waals surface area contributed by atoms with E-state index in [2.05, 4.69) is 20.2 Å². The molecule has 1 aliphatic heterocycles. The molecule has 1 aromatic carbocycles. The Balaban J connectivity index is 1.38. The Bertz CT molecular complexity index is 1020. The van der Waals surface area contributed by atoms with E-state index in [1.165, 1.54) is 0 Å². The molecule has 0 unspecified atom stereocenters. The first-order chi connectivity index (χ1) is 14.6. The van der Waals surface area contributed by atoms with E-state index in [1.807, 2.05) is 18.2 Å². The molecule has 3 aromatic rings. The van der Waals surface area contributed by atoms with Crippen LogP contribution < -0.4 is 20.7 Å². The van der Waals surface area contributed by atoms with E-state index >= 15 is 0 Å². The van der Waals surface area contributed by atoms with Crippen LogP contribution in [0.4, 0.5) is 5.69 Å². The largest absolute Gasteiger partial charge is 0.492 e. The number of benzene rings is 1. The van der Waals surface area contributed by atoms with E-state index in [1.54, 1.807) is 36.7 Å². The number of carbonyl (C=O) groups excluding carboxylic acids is 1. The lowest BCUT2D eigenvalue weighted by molar-refractivity contribution is 0.0576. The number of aliphatic hydroxyl groups is 1. The van der Waals surface area contributed by atoms with Crippen LogP contribution in [0.3, 0.4) is 0 Å². The van der Waals surface area contributed by atoms with Crippen LogP contribution in [0.2, 0.25) is 0 Å². The first-order valence-electron chi connectivity index (χ1n) is 9.96. The van der Waals surface area contributed by atoms with Crippen molar-refractivity contribution in [2.24, 2.45) is 5.73 Å². The summed E-state index contributed by atoms with van der Waals surface area (Å²) in [4.78, 5) is 23.4. The minimum atomic E-state index is -1.01. The fourth-order valence-corrected chi connectivity index (χ4v) is 3.65. The Kier molecular flexibility index (Phi) is 5.78. The average Bonchev–Trinajstić information content (AvgIpc) is 3.18. The molecule has 30 heavy (non-hydrogen) atoms. The standard InChI is InChI=1S/C22H25N5O3/c23-9-13-30-17-5-3-16(4-6-17)21(28)26-14-22(29)8-12-27(15-22)19-7-11-24-18-2-1-10-25-20(18)19/h1-7,10-11,29H,8-9,12-15,23H2,(H,26,28)/t22-/m0/s1. The predicted octanol–water partition coefficient (Wildman–Crippen LogP) is 1.34. The molecule has 0 saturated carbocycles. The van der Waals surface area contributed by atoms with Gasteiger partial charge in [0.1, 0.15) is 23.5 Å². The van der Waals surface area contributed by atoms with Gasteiger partial charge in [0.2, 0.25) is 0 Å². The number of carbonyl (C=O) groups is 1. The lowest BCUT2D eigenvalue weighted by atomic mass is 10.0. The highest BCUT2D eigenvalue weighted by Crippen LogP contribution is 2.30. The monoisotopic (exact) mass is 407 g/mol. The maximum atomic E-state index is 12.5. The minimum absolute atomic E-state index is 0.171. The molecule has 0 aliphatic carbocycles. The Morgan fingerprint density at radius 1 is 1.20 bits per heavy atom. The van der Waals surface area contributed by atoms with Crippen molar-refractivity contribution in [2.75, 3.05) is 37.7 Å². The highest BCUT2D eigenvalue weighted by atomic mass is 16.5. The summed E-state index contributed by atoms with van der Waals surface area (Å²) in [6, 6.07) is 12.5. The molecule has 1 amide bonds. The molecule has 156 valence electrons. The van der Waals surface area contributed by atoms with Crippen LogP contribution in [-0.4, -0.2) is 59.4 Å². The second kappa shape index (κ2) is 8.64. The number of β-amino-alcohol motifs (C(OH)–C–C–N with tert-alkyl or cyclic N) is 1. The van der Waals surface area contributed by atoms with Crippen molar-refractivity contribution in [1.29, 1.82) is 0 Å². The summed E-state index contributed by atoms with van der Waals surface area (Å²) in [5, 5.41) is 13.9. The van der Waals surface area contributed by atoms with Crippen LogP contribution in [0.5, 0.6) is 5.75 Å². The molecule has 1 saturated heterocycles. The second-order valence-corrected chi connectivity index (χ2v) is 7.44. The zero-order valence-corrected chi connectivity index (χ0v) is 16.6. The van der Waals surface area contributed by atoms with Crippen LogP contribution in [0.25, 0.3) is 11.0 Å². The summed E-state index contributed by atoms with van der Waals surface area (Å²) in [6.07, 6.45) is 4.04. The Hall–Kier alpha value is -3.23. The number of pyridine rings is 2. The van der Waals surface area contributed by atoms with E-state index in [0.717, 1.165) is 16.7 Å². The van der Waals surface area contributed by atoms with Crippen LogP contribution in [-0.2, 0) is 0 Å². The van der Waals surface area contributed by atoms with Crippen molar-refractivity contribution in [3.63, 3.8) is 0 Å². The van der Waals surface area contributed by atoms with Gasteiger partial charge < -0.3 is 25.8 Å². The second-order valence-electron chi connectivity index (χ2n) is 7.44. The Labute approximate surface area is 174 Å². The van der Waals surface area contributed by atoms with E-state index in [0.29, 0.717) is 44.0 Å². The summed E-state index contributed by atoms with van der Waals surface area (Å²) in [6.45, 7) is 2.12. The van der Waals surface area contributed by atoms with Crippen molar-refractivity contribution in [1.82, 2.24) is 15.3 Å². The van der Waals surface area contributed by atoms with Gasteiger partial charge in [0, 0.05) is 44.1 Å². The van der Waals surface area contributed by atoms with Crippen molar-refractivity contribution < 1.29 is 14.6 Å². The van der Waals surface area contributed by atoms with E-state index < -0.39 is 5.60 Å². The summed E-state index contributed by atoms with van der Waals surface area (Å²) in [7, 11) is 0. The molecule has 0 spiro atoms. The van der Waals surface area contributed by atoms with E-state index in [-0.39, 0.29) is 12.5 Å². The van der Waals surface area contributed by atoms with Crippen LogP contribution in [0, 0.1) is 0 Å². The van der Waals surface area contributed by atoms with Gasteiger partial charge in [0.05, 0.1) is 11.2 Å². The van der Waals surface area contributed by atoms with Gasteiger partial charge in [-0.2, -0.15) is 0 Å². The van der Waals surface area contributed by atoms with Crippen LogP contribution >= 0.6 is 0 Å². The highest BCUT2D eigenvalue weighted by molar-refractivity contribution is 5.94. The SMILES string of the molecule is NCCOc1ccc(C(=O)NC[C@@]2(O)CCN(c3ccnc4cccnc34)C2)cc1. The van der Waals surface area contributed by atoms with Gasteiger partial charge in [-0.1, -0.05) is 0 Å². The molecular formula is C22H25N5O3. The molecule has 1 fully saturated rings. The summed E-state index contributed by atoms with van der Waals surface area (Å²) >= 11 is 0. The molecule has 4 rings (SSSR count). The van der Waals surface area contributed by atoms with E-state index in [4.69, 9.17) is 10.5 Å². The van der Waals surface area contributed by atoms with Gasteiger partial charge in [-0.15, -0.1) is 0 Å². The lowest BCUT2D eigenvalue weighted by Crippen LogP contribution is -2.45. The van der Waals surface area contributed by atoms with Crippen molar-refractivity contribution >= 4 is 22.6 Å². The van der Waals surface area contributed by atoms with Gasteiger partial charge in [-0.25, -0.2) is 0 Å². The zero-order chi connectivity index (χ0) is 21.0. The summed E-state index contributed by atoms with van der Waals surface area (Å²) in [5.74, 6) is 0.434. The highest BCUT2D eigenvalue weighted by Gasteiger charge is 2.37. The number of hydrogen-bond donors (Lipinski definition) is 3. The van der Waals surface area contributed by atoms with Gasteiger partial charge in [-0.05, 0) is 48.9 Å². The van der Waals surface area contributed by atoms with Gasteiger partial charge in [-0.3, -0.25) is 14.8 Å². The maximum Gasteiger partial charge on any atom is 0.251 e. The smallest absolute Gasteiger partial charge is 0.251 e. The van der Waals surface area contributed by atoms with Crippen LogP contribution in [0.15, 0.2) is 54.9 Å². The number of ether oxygens (including phenoxy) is 1. The van der Waals surface area contributed by atoms with Gasteiger partial charge >= 0.3 is 0 Å². The number of rotatable bonds is 7. The summed E-state index contributed by atoms with van der Waals surface area (Å²) in [5.41, 5.74) is 7.49. The predicted molar refractivity (Wildman–Crippen MR) is 115 cm³/mol. The minimum Gasteiger partial charge on any atom is -0.492 e. The molecule has 2 aromatic heterocycles. The number of nitrogens with two attached hydrogens (primary N) is 1. The van der Waals surface area contributed by atoms with Crippen molar-refractivity contribution in [3.8, 4) is 5.75 Å². The molecule has 8 heteroatoms. The molecule has 8 nitrogen and oxygen atoms in total. The third-order valence-corrected chi connectivity index (χ3v) is 5.23. The first kappa shape index (κ1) is 20.1. The third-order valence-electron chi connectivity index (χ3n) is 5.23.